The summed E-state index contributed by atoms with van der Waals surface area (Å²) in [5.41, 5.74) is 0. The normalized spacial score (nSPS) is 10.8. The quantitative estimate of drug-likeness (QED) is 0.713. The third-order valence-corrected chi connectivity index (χ3v) is 2.78. The van der Waals surface area contributed by atoms with E-state index in [2.05, 4.69) is 44.2 Å². The van der Waals surface area contributed by atoms with E-state index >= 15 is 0 Å². The van der Waals surface area contributed by atoms with Crippen LogP contribution in [-0.2, 0) is 0 Å². The number of nitrogens with zero attached hydrogens (tertiary/aromatic N) is 1. The maximum atomic E-state index is 4.03. The zero-order valence-corrected chi connectivity index (χ0v) is 7.36. The van der Waals surface area contributed by atoms with Crippen molar-refractivity contribution in [3.63, 3.8) is 0 Å². The van der Waals surface area contributed by atoms with Crippen LogP contribution in [0.25, 0.3) is 10.2 Å². The molecule has 2 heterocycles. The molecule has 2 aromatic heterocycles. The molecule has 4 heteroatoms. The first kappa shape index (κ1) is 5.67. The third kappa shape index (κ3) is 0.770. The van der Waals surface area contributed by atoms with Crippen LogP contribution >= 0.6 is 33.9 Å². The van der Waals surface area contributed by atoms with Gasteiger partial charge >= 0.3 is 0 Å². The number of aromatic amines is 1. The molecule has 0 radical (unpaired) electrons. The molecule has 0 atom stereocenters. The molecule has 0 aliphatic heterocycles. The van der Waals surface area contributed by atoms with Crippen LogP contribution in [0.2, 0.25) is 0 Å². The molecule has 0 fully saturated rings. The minimum Gasteiger partial charge on any atom is -0.267 e. The van der Waals surface area contributed by atoms with Gasteiger partial charge in [0.1, 0.15) is 8.53 Å². The molecule has 2 aromatic rings. The van der Waals surface area contributed by atoms with E-state index in [9.17, 15) is 0 Å². The number of rotatable bonds is 0. The topological polar surface area (TPSA) is 28.7 Å². The highest BCUT2D eigenvalue weighted by Crippen LogP contribution is 2.21. The Balaban J connectivity index is 2.99. The van der Waals surface area contributed by atoms with Gasteiger partial charge in [0.15, 0.2) is 0 Å². The average molecular weight is 250 g/mol. The number of aromatic nitrogens is 2. The number of fused-ring (bicyclic) bond motifs is 1. The molecule has 0 saturated heterocycles. The van der Waals surface area contributed by atoms with Crippen molar-refractivity contribution in [2.45, 2.75) is 0 Å². The number of thiophene rings is 1. The van der Waals surface area contributed by atoms with E-state index < -0.39 is 0 Å². The molecule has 0 aliphatic carbocycles. The average Bonchev–Trinajstić information content (AvgIpc) is 2.35. The first-order valence-electron chi connectivity index (χ1n) is 2.45. The zero-order chi connectivity index (χ0) is 6.27. The molecule has 0 unspecified atom stereocenters. The number of H-pyrrole nitrogens is 1. The van der Waals surface area contributed by atoms with Crippen molar-refractivity contribution in [1.29, 1.82) is 0 Å². The molecule has 2 rings (SSSR count). The third-order valence-electron chi connectivity index (χ3n) is 1.14. The number of halogens is 1. The van der Waals surface area contributed by atoms with Gasteiger partial charge in [0, 0.05) is 5.39 Å². The lowest BCUT2D eigenvalue weighted by Crippen LogP contribution is -1.66. The van der Waals surface area contributed by atoms with Crippen LogP contribution < -0.4 is 0 Å². The Kier molecular flexibility index (Phi) is 1.23. The molecule has 0 amide bonds. The minimum absolute atomic E-state index is 1.06. The first-order chi connectivity index (χ1) is 4.38. The molecule has 9 heavy (non-hydrogen) atoms. The molecule has 0 spiro atoms. The van der Waals surface area contributed by atoms with Gasteiger partial charge in [0.2, 0.25) is 0 Å². The molecule has 1 N–H and O–H groups in total. The second-order valence-corrected chi connectivity index (χ2v) is 3.62. The molecule has 0 aliphatic rings. The van der Waals surface area contributed by atoms with Crippen LogP contribution in [0.5, 0.6) is 0 Å². The van der Waals surface area contributed by atoms with E-state index in [1.165, 1.54) is 10.2 Å². The van der Waals surface area contributed by atoms with Crippen LogP contribution in [0, 0.1) is 3.70 Å². The Labute approximate surface area is 69.4 Å². The maximum absolute atomic E-state index is 4.03. The Morgan fingerprint density at radius 1 is 1.67 bits per heavy atom. The molecular formula is C5H3IN2S. The van der Waals surface area contributed by atoms with Crippen molar-refractivity contribution < 1.29 is 0 Å². The number of nitrogens with one attached hydrogen (secondary N) is 1. The van der Waals surface area contributed by atoms with Gasteiger partial charge in [0.05, 0.1) is 0 Å². The number of hydrogen-bond acceptors (Lipinski definition) is 2. The molecule has 0 bridgehead atoms. The highest BCUT2D eigenvalue weighted by atomic mass is 127. The number of hydrogen-bond donors (Lipinski definition) is 1. The van der Waals surface area contributed by atoms with Gasteiger partial charge in [-0.05, 0) is 34.0 Å². The summed E-state index contributed by atoms with van der Waals surface area (Å²) in [6.07, 6.45) is 0. The van der Waals surface area contributed by atoms with Crippen molar-refractivity contribution in [3.05, 3.63) is 15.1 Å². The van der Waals surface area contributed by atoms with Crippen LogP contribution in [0.4, 0.5) is 0 Å². The summed E-state index contributed by atoms with van der Waals surface area (Å²) in [5.74, 6) is 0. The Bertz CT molecular complexity index is 324. The maximum Gasteiger partial charge on any atom is 0.131 e. The van der Waals surface area contributed by atoms with Gasteiger partial charge in [-0.3, -0.25) is 5.10 Å². The second-order valence-electron chi connectivity index (χ2n) is 1.68. The Morgan fingerprint density at radius 3 is 3.33 bits per heavy atom. The van der Waals surface area contributed by atoms with Gasteiger partial charge in [-0.25, -0.2) is 0 Å². The van der Waals surface area contributed by atoms with Gasteiger partial charge < -0.3 is 0 Å². The lowest BCUT2D eigenvalue weighted by Gasteiger charge is -1.70. The van der Waals surface area contributed by atoms with Crippen LogP contribution in [0.15, 0.2) is 11.4 Å². The zero-order valence-electron chi connectivity index (χ0n) is 4.39. The van der Waals surface area contributed by atoms with Crippen LogP contribution in [0.3, 0.4) is 0 Å². The minimum atomic E-state index is 1.06. The van der Waals surface area contributed by atoms with E-state index in [1.54, 1.807) is 11.3 Å². The second kappa shape index (κ2) is 1.95. The largest absolute Gasteiger partial charge is 0.267 e. The van der Waals surface area contributed by atoms with Crippen LogP contribution in [-0.4, -0.2) is 10.2 Å². The van der Waals surface area contributed by atoms with Crippen molar-refractivity contribution in [1.82, 2.24) is 10.2 Å². The van der Waals surface area contributed by atoms with Crippen LogP contribution in [0.1, 0.15) is 0 Å². The van der Waals surface area contributed by atoms with E-state index in [0.717, 1.165) is 3.70 Å². The highest BCUT2D eigenvalue weighted by molar-refractivity contribution is 14.1. The smallest absolute Gasteiger partial charge is 0.131 e. The fourth-order valence-electron chi connectivity index (χ4n) is 0.718. The summed E-state index contributed by atoms with van der Waals surface area (Å²) >= 11 is 3.90. The summed E-state index contributed by atoms with van der Waals surface area (Å²) in [6, 6.07) is 2.07. The fraction of sp³-hybridized carbons (Fsp3) is 0. The van der Waals surface area contributed by atoms with Crippen molar-refractivity contribution >= 4 is 44.1 Å². The summed E-state index contributed by atoms with van der Waals surface area (Å²) in [7, 11) is 0. The molecule has 2 nitrogen and oxygen atoms in total. The molecule has 0 aromatic carbocycles. The van der Waals surface area contributed by atoms with Gasteiger partial charge in [-0.15, -0.1) is 11.3 Å². The lowest BCUT2D eigenvalue weighted by atomic mass is 10.5. The van der Waals surface area contributed by atoms with E-state index in [-0.39, 0.29) is 0 Å². The molecule has 0 saturated carbocycles. The standard InChI is InChI=1S/C5H3IN2S/c6-4-3-1-2-9-5(3)8-7-4/h1-2H,(H,7,8). The first-order valence-corrected chi connectivity index (χ1v) is 4.41. The van der Waals surface area contributed by atoms with Crippen molar-refractivity contribution in [2.75, 3.05) is 0 Å². The molecular weight excluding hydrogens is 247 g/mol. The SMILES string of the molecule is Ic1n[nH]c2sccc12. The monoisotopic (exact) mass is 250 g/mol. The van der Waals surface area contributed by atoms with E-state index in [4.69, 9.17) is 0 Å². The molecule has 46 valence electrons. The summed E-state index contributed by atoms with van der Waals surface area (Å²) in [6.45, 7) is 0. The Hall–Kier alpha value is -0.100. The predicted octanol–water partition coefficient (Wildman–Crippen LogP) is 2.23. The van der Waals surface area contributed by atoms with E-state index in [1.807, 2.05) is 0 Å². The van der Waals surface area contributed by atoms with Gasteiger partial charge in [-0.1, -0.05) is 0 Å². The van der Waals surface area contributed by atoms with E-state index in [0.29, 0.717) is 0 Å². The van der Waals surface area contributed by atoms with Gasteiger partial charge in [-0.2, -0.15) is 5.10 Å². The predicted molar refractivity (Wildman–Crippen MR) is 46.7 cm³/mol. The van der Waals surface area contributed by atoms with Crippen molar-refractivity contribution in [3.8, 4) is 0 Å². The van der Waals surface area contributed by atoms with Crippen molar-refractivity contribution in [2.24, 2.45) is 0 Å². The fourth-order valence-corrected chi connectivity index (χ4v) is 2.20. The highest BCUT2D eigenvalue weighted by Gasteiger charge is 2.00. The van der Waals surface area contributed by atoms with Gasteiger partial charge in [0.25, 0.3) is 0 Å². The lowest BCUT2D eigenvalue weighted by molar-refractivity contribution is 1.10. The summed E-state index contributed by atoms with van der Waals surface area (Å²) in [5, 5.41) is 10.3. The summed E-state index contributed by atoms with van der Waals surface area (Å²) < 4.78 is 1.06. The summed E-state index contributed by atoms with van der Waals surface area (Å²) in [4.78, 5) is 1.17. The Morgan fingerprint density at radius 2 is 2.56 bits per heavy atom.